The molecule has 2 rings (SSSR count). The molecular weight excluding hydrogens is 407 g/mol. The second-order valence-electron chi connectivity index (χ2n) is 5.63. The predicted octanol–water partition coefficient (Wildman–Crippen LogP) is 3.31. The Bertz CT molecular complexity index is 547. The van der Waals surface area contributed by atoms with Crippen LogP contribution in [0.5, 0.6) is 0 Å². The fourth-order valence-corrected chi connectivity index (χ4v) is 2.95. The Morgan fingerprint density at radius 2 is 1.95 bits per heavy atom. The number of rotatable bonds is 6. The van der Waals surface area contributed by atoms with Gasteiger partial charge in [0.05, 0.1) is 0 Å². The van der Waals surface area contributed by atoms with Crippen molar-refractivity contribution in [2.45, 2.75) is 25.8 Å². The van der Waals surface area contributed by atoms with E-state index in [1.807, 2.05) is 19.2 Å². The summed E-state index contributed by atoms with van der Waals surface area (Å²) >= 11 is 1.80. The van der Waals surface area contributed by atoms with Gasteiger partial charge in [-0.2, -0.15) is 0 Å². The van der Waals surface area contributed by atoms with Crippen molar-refractivity contribution in [3.63, 3.8) is 0 Å². The van der Waals surface area contributed by atoms with Gasteiger partial charge < -0.3 is 15.2 Å². The summed E-state index contributed by atoms with van der Waals surface area (Å²) < 4.78 is 2.15. The fraction of sp³-hybridized carbons (Fsp3) is 0.438. The topological polar surface area (TPSA) is 41.4 Å². The van der Waals surface area contributed by atoms with Crippen molar-refractivity contribution in [2.75, 3.05) is 20.1 Å². The van der Waals surface area contributed by atoms with Gasteiger partial charge in [0.1, 0.15) is 0 Å². The van der Waals surface area contributed by atoms with E-state index in [2.05, 4.69) is 63.9 Å². The zero-order chi connectivity index (χ0) is 15.1. The number of hydrogen-bond acceptors (Lipinski definition) is 2. The maximum atomic E-state index is 4.28. The van der Waals surface area contributed by atoms with Crippen molar-refractivity contribution in [1.29, 1.82) is 0 Å². The molecule has 0 aromatic carbocycles. The largest absolute Gasteiger partial charge is 0.356 e. The highest BCUT2D eigenvalue weighted by atomic mass is 127. The molecule has 0 amide bonds. The molecule has 0 aliphatic heterocycles. The lowest BCUT2D eigenvalue weighted by molar-refractivity contribution is 0.517. The van der Waals surface area contributed by atoms with E-state index in [9.17, 15) is 0 Å². The minimum Gasteiger partial charge on any atom is -0.356 e. The van der Waals surface area contributed by atoms with Gasteiger partial charge in [0.25, 0.3) is 0 Å². The van der Waals surface area contributed by atoms with Crippen molar-refractivity contribution in [2.24, 2.45) is 4.99 Å². The van der Waals surface area contributed by atoms with E-state index < -0.39 is 0 Å². The SMILES string of the molecule is CN=C(NCCn1cccc1)NCC(C)(C)c1cccs1.I. The Morgan fingerprint density at radius 3 is 2.55 bits per heavy atom. The molecule has 0 atom stereocenters. The molecule has 22 heavy (non-hydrogen) atoms. The molecule has 0 saturated carbocycles. The van der Waals surface area contributed by atoms with Crippen LogP contribution in [0.1, 0.15) is 18.7 Å². The maximum absolute atomic E-state index is 4.28. The molecule has 2 N–H and O–H groups in total. The molecule has 0 unspecified atom stereocenters. The van der Waals surface area contributed by atoms with Crippen LogP contribution in [0.4, 0.5) is 0 Å². The van der Waals surface area contributed by atoms with Gasteiger partial charge in [-0.1, -0.05) is 19.9 Å². The fourth-order valence-electron chi connectivity index (χ4n) is 2.10. The molecule has 2 aromatic heterocycles. The molecule has 0 spiro atoms. The summed E-state index contributed by atoms with van der Waals surface area (Å²) in [6, 6.07) is 8.37. The van der Waals surface area contributed by atoms with Crippen LogP contribution in [0.25, 0.3) is 0 Å². The molecule has 0 radical (unpaired) electrons. The summed E-state index contributed by atoms with van der Waals surface area (Å²) in [4.78, 5) is 5.67. The normalized spacial score (nSPS) is 11.9. The van der Waals surface area contributed by atoms with E-state index >= 15 is 0 Å². The van der Waals surface area contributed by atoms with Crippen molar-refractivity contribution >= 4 is 41.3 Å². The Morgan fingerprint density at radius 1 is 1.23 bits per heavy atom. The molecule has 0 fully saturated rings. The first-order valence-corrected chi connectivity index (χ1v) is 8.09. The first kappa shape index (κ1) is 19.0. The van der Waals surface area contributed by atoms with Gasteiger partial charge >= 0.3 is 0 Å². The zero-order valence-electron chi connectivity index (χ0n) is 13.4. The average Bonchev–Trinajstić information content (AvgIpc) is 3.15. The zero-order valence-corrected chi connectivity index (χ0v) is 16.5. The smallest absolute Gasteiger partial charge is 0.191 e. The molecule has 6 heteroatoms. The molecular formula is C16H25IN4S. The van der Waals surface area contributed by atoms with Crippen LogP contribution in [-0.4, -0.2) is 30.7 Å². The standard InChI is InChI=1S/C16H24N4S.HI/c1-16(2,14-7-6-12-21-14)13-19-15(17-3)18-8-11-20-9-4-5-10-20;/h4-7,9-10,12H,8,11,13H2,1-3H3,(H2,17,18,19);1H. The molecule has 0 saturated heterocycles. The molecule has 0 bridgehead atoms. The predicted molar refractivity (Wildman–Crippen MR) is 107 cm³/mol. The van der Waals surface area contributed by atoms with Crippen LogP contribution < -0.4 is 10.6 Å². The van der Waals surface area contributed by atoms with Gasteiger partial charge in [0, 0.05) is 49.4 Å². The number of aliphatic imine (C=N–C) groups is 1. The summed E-state index contributed by atoms with van der Waals surface area (Å²) in [5, 5.41) is 8.89. The third-order valence-electron chi connectivity index (χ3n) is 3.44. The number of nitrogens with one attached hydrogen (secondary N) is 2. The summed E-state index contributed by atoms with van der Waals surface area (Å²) in [7, 11) is 1.81. The van der Waals surface area contributed by atoms with Gasteiger partial charge in [-0.15, -0.1) is 35.3 Å². The van der Waals surface area contributed by atoms with E-state index in [1.165, 1.54) is 4.88 Å². The molecule has 4 nitrogen and oxygen atoms in total. The molecule has 122 valence electrons. The number of hydrogen-bond donors (Lipinski definition) is 2. The van der Waals surface area contributed by atoms with Gasteiger partial charge in [0.15, 0.2) is 5.96 Å². The Kier molecular flexibility index (Phi) is 7.95. The summed E-state index contributed by atoms with van der Waals surface area (Å²) in [5.74, 6) is 0.854. The highest BCUT2D eigenvalue weighted by Gasteiger charge is 2.21. The Balaban J connectivity index is 0.00000242. The van der Waals surface area contributed by atoms with Gasteiger partial charge in [-0.3, -0.25) is 4.99 Å². The van der Waals surface area contributed by atoms with Gasteiger partial charge in [0.2, 0.25) is 0 Å². The van der Waals surface area contributed by atoms with Crippen LogP contribution in [0.15, 0.2) is 47.0 Å². The lowest BCUT2D eigenvalue weighted by Crippen LogP contribution is -2.44. The van der Waals surface area contributed by atoms with Crippen molar-refractivity contribution in [3.05, 3.63) is 46.9 Å². The quantitative estimate of drug-likeness (QED) is 0.418. The van der Waals surface area contributed by atoms with Crippen molar-refractivity contribution in [3.8, 4) is 0 Å². The van der Waals surface area contributed by atoms with Crippen LogP contribution in [0.2, 0.25) is 0 Å². The molecule has 2 heterocycles. The highest BCUT2D eigenvalue weighted by Crippen LogP contribution is 2.26. The minimum atomic E-state index is 0. The molecule has 2 aromatic rings. The average molecular weight is 432 g/mol. The summed E-state index contributed by atoms with van der Waals surface area (Å²) in [5.41, 5.74) is 0.103. The second-order valence-corrected chi connectivity index (χ2v) is 6.58. The van der Waals surface area contributed by atoms with Gasteiger partial charge in [-0.25, -0.2) is 0 Å². The van der Waals surface area contributed by atoms with Gasteiger partial charge in [-0.05, 0) is 23.6 Å². The maximum Gasteiger partial charge on any atom is 0.191 e. The lowest BCUT2D eigenvalue weighted by atomic mass is 9.91. The first-order valence-electron chi connectivity index (χ1n) is 7.21. The number of guanidine groups is 1. The van der Waals surface area contributed by atoms with E-state index in [1.54, 1.807) is 11.3 Å². The Labute approximate surface area is 154 Å². The number of nitrogens with zero attached hydrogens (tertiary/aromatic N) is 2. The minimum absolute atomic E-state index is 0. The summed E-state index contributed by atoms with van der Waals surface area (Å²) in [6.07, 6.45) is 4.13. The highest BCUT2D eigenvalue weighted by molar-refractivity contribution is 14.0. The van der Waals surface area contributed by atoms with Crippen molar-refractivity contribution < 1.29 is 0 Å². The van der Waals surface area contributed by atoms with Crippen molar-refractivity contribution in [1.82, 2.24) is 15.2 Å². The van der Waals surface area contributed by atoms with Crippen LogP contribution in [0, 0.1) is 0 Å². The van der Waals surface area contributed by atoms with E-state index in [0.29, 0.717) is 0 Å². The van der Waals surface area contributed by atoms with E-state index in [0.717, 1.165) is 25.6 Å². The van der Waals surface area contributed by atoms with Crippen LogP contribution in [-0.2, 0) is 12.0 Å². The number of halogens is 1. The first-order chi connectivity index (χ1) is 10.1. The molecule has 0 aliphatic carbocycles. The lowest BCUT2D eigenvalue weighted by Gasteiger charge is -2.25. The monoisotopic (exact) mass is 432 g/mol. The third-order valence-corrected chi connectivity index (χ3v) is 4.67. The molecule has 0 aliphatic rings. The van der Waals surface area contributed by atoms with Crippen LogP contribution >= 0.6 is 35.3 Å². The third kappa shape index (κ3) is 5.64. The number of aromatic nitrogens is 1. The number of thiophene rings is 1. The van der Waals surface area contributed by atoms with Crippen LogP contribution in [0.3, 0.4) is 0 Å². The second kappa shape index (κ2) is 9.19. The van der Waals surface area contributed by atoms with E-state index in [4.69, 9.17) is 0 Å². The Hall–Kier alpha value is -1.02. The summed E-state index contributed by atoms with van der Waals surface area (Å²) in [6.45, 7) is 7.14. The van der Waals surface area contributed by atoms with E-state index in [-0.39, 0.29) is 29.4 Å².